The average molecular weight is 337 g/mol. The van der Waals surface area contributed by atoms with Gasteiger partial charge in [-0.1, -0.05) is 23.4 Å². The Morgan fingerprint density at radius 2 is 2.00 bits per heavy atom. The van der Waals surface area contributed by atoms with E-state index in [1.807, 2.05) is 36.1 Å². The van der Waals surface area contributed by atoms with Gasteiger partial charge in [-0.05, 0) is 44.0 Å². The van der Waals surface area contributed by atoms with Gasteiger partial charge in [0.05, 0.1) is 5.25 Å². The van der Waals surface area contributed by atoms with Crippen molar-refractivity contribution in [1.82, 2.24) is 20.1 Å². The standard InChI is InChI=1S/C15H17ClN4OS/c1-10(14(21)20-8-2-3-9-20)22-15-17-13(18-19-15)11-4-6-12(16)7-5-11/h4-7,10H,2-3,8-9H2,1H3,(H,17,18,19)/t10-/m1/s1. The van der Waals surface area contributed by atoms with Crippen molar-refractivity contribution >= 4 is 29.3 Å². The molecule has 0 spiro atoms. The summed E-state index contributed by atoms with van der Waals surface area (Å²) in [4.78, 5) is 18.7. The first-order valence-electron chi connectivity index (χ1n) is 7.27. The van der Waals surface area contributed by atoms with E-state index in [0.29, 0.717) is 16.0 Å². The van der Waals surface area contributed by atoms with Gasteiger partial charge in [0, 0.05) is 23.7 Å². The molecule has 3 rings (SSSR count). The van der Waals surface area contributed by atoms with E-state index in [1.54, 1.807) is 0 Å². The van der Waals surface area contributed by atoms with Gasteiger partial charge in [-0.2, -0.15) is 0 Å². The second-order valence-electron chi connectivity index (χ2n) is 5.27. The maximum atomic E-state index is 12.3. The molecule has 1 aliphatic heterocycles. The molecule has 0 saturated carbocycles. The molecule has 1 aliphatic rings. The molecule has 1 saturated heterocycles. The molecule has 1 aromatic carbocycles. The molecule has 116 valence electrons. The molecule has 1 N–H and O–H groups in total. The van der Waals surface area contributed by atoms with E-state index < -0.39 is 0 Å². The third kappa shape index (κ3) is 3.44. The van der Waals surface area contributed by atoms with Crippen LogP contribution < -0.4 is 0 Å². The molecule has 0 bridgehead atoms. The van der Waals surface area contributed by atoms with Crippen molar-refractivity contribution in [2.75, 3.05) is 13.1 Å². The number of hydrogen-bond donors (Lipinski definition) is 1. The van der Waals surface area contributed by atoms with E-state index in [1.165, 1.54) is 11.8 Å². The van der Waals surface area contributed by atoms with Gasteiger partial charge in [-0.25, -0.2) is 4.98 Å². The van der Waals surface area contributed by atoms with E-state index in [0.717, 1.165) is 31.5 Å². The van der Waals surface area contributed by atoms with Crippen molar-refractivity contribution in [3.63, 3.8) is 0 Å². The van der Waals surface area contributed by atoms with Crippen LogP contribution in [0.3, 0.4) is 0 Å². The minimum Gasteiger partial charge on any atom is -0.342 e. The zero-order chi connectivity index (χ0) is 15.5. The van der Waals surface area contributed by atoms with Crippen molar-refractivity contribution in [2.24, 2.45) is 0 Å². The lowest BCUT2D eigenvalue weighted by atomic mass is 10.2. The molecule has 1 amide bonds. The number of carbonyl (C=O) groups excluding carboxylic acids is 1. The highest BCUT2D eigenvalue weighted by Crippen LogP contribution is 2.25. The number of hydrogen-bond acceptors (Lipinski definition) is 4. The first kappa shape index (κ1) is 15.4. The van der Waals surface area contributed by atoms with Crippen LogP contribution in [0.2, 0.25) is 5.02 Å². The summed E-state index contributed by atoms with van der Waals surface area (Å²) in [6.45, 7) is 3.64. The lowest BCUT2D eigenvalue weighted by Gasteiger charge is -2.18. The maximum absolute atomic E-state index is 12.3. The monoisotopic (exact) mass is 336 g/mol. The van der Waals surface area contributed by atoms with Gasteiger partial charge in [-0.3, -0.25) is 9.89 Å². The Morgan fingerprint density at radius 1 is 1.32 bits per heavy atom. The van der Waals surface area contributed by atoms with Crippen LogP contribution in [-0.2, 0) is 4.79 Å². The van der Waals surface area contributed by atoms with Crippen molar-refractivity contribution < 1.29 is 4.79 Å². The summed E-state index contributed by atoms with van der Waals surface area (Å²) in [6, 6.07) is 7.39. The first-order valence-corrected chi connectivity index (χ1v) is 8.53. The number of thioether (sulfide) groups is 1. The Kier molecular flexibility index (Phi) is 4.69. The largest absolute Gasteiger partial charge is 0.342 e. The summed E-state index contributed by atoms with van der Waals surface area (Å²) in [6.07, 6.45) is 2.20. The predicted molar refractivity (Wildman–Crippen MR) is 88.0 cm³/mol. The number of likely N-dealkylation sites (tertiary alicyclic amines) is 1. The molecule has 2 aromatic rings. The Balaban J connectivity index is 1.66. The molecule has 1 fully saturated rings. The number of H-pyrrole nitrogens is 1. The van der Waals surface area contributed by atoms with E-state index in [9.17, 15) is 4.79 Å². The van der Waals surface area contributed by atoms with E-state index >= 15 is 0 Å². The molecule has 1 aromatic heterocycles. The third-order valence-electron chi connectivity index (χ3n) is 3.63. The van der Waals surface area contributed by atoms with Crippen LogP contribution in [0, 0.1) is 0 Å². The van der Waals surface area contributed by atoms with Gasteiger partial charge in [0.15, 0.2) is 5.82 Å². The summed E-state index contributed by atoms with van der Waals surface area (Å²) in [5, 5.41) is 8.19. The first-order chi connectivity index (χ1) is 10.6. The zero-order valence-corrected chi connectivity index (χ0v) is 13.8. The number of aromatic nitrogens is 3. The number of halogens is 1. The summed E-state index contributed by atoms with van der Waals surface area (Å²) < 4.78 is 0. The Labute approximate surface area is 138 Å². The molecule has 1 atom stereocenters. The number of aromatic amines is 1. The molecule has 7 heteroatoms. The van der Waals surface area contributed by atoms with Crippen LogP contribution in [0.4, 0.5) is 0 Å². The minimum atomic E-state index is -0.174. The number of amides is 1. The summed E-state index contributed by atoms with van der Waals surface area (Å²) >= 11 is 7.26. The number of nitrogens with zero attached hydrogens (tertiary/aromatic N) is 3. The molecule has 0 radical (unpaired) electrons. The quantitative estimate of drug-likeness (QED) is 0.871. The summed E-state index contributed by atoms with van der Waals surface area (Å²) in [5.41, 5.74) is 0.919. The second-order valence-corrected chi connectivity index (χ2v) is 7.01. The van der Waals surface area contributed by atoms with Gasteiger partial charge < -0.3 is 4.90 Å². The number of carbonyl (C=O) groups is 1. The van der Waals surface area contributed by atoms with E-state index in [2.05, 4.69) is 15.2 Å². The van der Waals surface area contributed by atoms with E-state index in [-0.39, 0.29) is 11.2 Å². The SMILES string of the molecule is C[C@@H](Sc1n[nH]c(-c2ccc(Cl)cc2)n1)C(=O)N1CCCC1. The van der Waals surface area contributed by atoms with Gasteiger partial charge in [-0.15, -0.1) is 5.10 Å². The Morgan fingerprint density at radius 3 is 2.68 bits per heavy atom. The number of rotatable bonds is 4. The third-order valence-corrected chi connectivity index (χ3v) is 4.83. The maximum Gasteiger partial charge on any atom is 0.235 e. The molecule has 5 nitrogen and oxygen atoms in total. The fourth-order valence-electron chi connectivity index (χ4n) is 2.44. The highest BCUT2D eigenvalue weighted by Gasteiger charge is 2.25. The number of benzene rings is 1. The van der Waals surface area contributed by atoms with Crippen molar-refractivity contribution in [2.45, 2.75) is 30.2 Å². The van der Waals surface area contributed by atoms with Crippen LogP contribution in [0.15, 0.2) is 29.4 Å². The van der Waals surface area contributed by atoms with Crippen molar-refractivity contribution in [1.29, 1.82) is 0 Å². The van der Waals surface area contributed by atoms with Gasteiger partial charge in [0.1, 0.15) is 0 Å². The highest BCUT2D eigenvalue weighted by molar-refractivity contribution is 8.00. The molecule has 0 unspecified atom stereocenters. The fraction of sp³-hybridized carbons (Fsp3) is 0.400. The summed E-state index contributed by atoms with van der Waals surface area (Å²) in [5.74, 6) is 0.848. The van der Waals surface area contributed by atoms with Crippen LogP contribution in [0.5, 0.6) is 0 Å². The highest BCUT2D eigenvalue weighted by atomic mass is 35.5. The normalized spacial score (nSPS) is 16.0. The fourth-order valence-corrected chi connectivity index (χ4v) is 3.37. The van der Waals surface area contributed by atoms with Crippen LogP contribution in [0.25, 0.3) is 11.4 Å². The van der Waals surface area contributed by atoms with Crippen molar-refractivity contribution in [3.05, 3.63) is 29.3 Å². The molecule has 22 heavy (non-hydrogen) atoms. The molecule has 0 aliphatic carbocycles. The Bertz CT molecular complexity index is 652. The average Bonchev–Trinajstić information content (AvgIpc) is 3.18. The minimum absolute atomic E-state index is 0.167. The van der Waals surface area contributed by atoms with Crippen molar-refractivity contribution in [3.8, 4) is 11.4 Å². The Hall–Kier alpha value is -1.53. The van der Waals surface area contributed by atoms with Crippen LogP contribution in [-0.4, -0.2) is 44.3 Å². The number of nitrogens with one attached hydrogen (secondary N) is 1. The topological polar surface area (TPSA) is 61.9 Å². The van der Waals surface area contributed by atoms with E-state index in [4.69, 9.17) is 11.6 Å². The summed E-state index contributed by atoms with van der Waals surface area (Å²) in [7, 11) is 0. The lowest BCUT2D eigenvalue weighted by molar-refractivity contribution is -0.129. The second kappa shape index (κ2) is 6.71. The zero-order valence-electron chi connectivity index (χ0n) is 12.3. The van der Waals surface area contributed by atoms with Gasteiger partial charge in [0.25, 0.3) is 0 Å². The molecule has 2 heterocycles. The smallest absolute Gasteiger partial charge is 0.235 e. The van der Waals surface area contributed by atoms with Gasteiger partial charge >= 0.3 is 0 Å². The molecular weight excluding hydrogens is 320 g/mol. The predicted octanol–water partition coefficient (Wildman–Crippen LogP) is 3.23. The van der Waals surface area contributed by atoms with Crippen LogP contribution >= 0.6 is 23.4 Å². The lowest BCUT2D eigenvalue weighted by Crippen LogP contribution is -2.34. The van der Waals surface area contributed by atoms with Gasteiger partial charge in [0.2, 0.25) is 11.1 Å². The molecular formula is C15H17ClN4OS. The van der Waals surface area contributed by atoms with Crippen LogP contribution in [0.1, 0.15) is 19.8 Å².